The van der Waals surface area contributed by atoms with Gasteiger partial charge in [-0.25, -0.2) is 9.78 Å². The molecule has 1 aromatic carbocycles. The van der Waals surface area contributed by atoms with Crippen LogP contribution in [-0.4, -0.2) is 22.6 Å². The number of carbonyl (C=O) groups is 1. The summed E-state index contributed by atoms with van der Waals surface area (Å²) in [6.07, 6.45) is 0. The molecule has 0 bridgehead atoms. The SMILES string of the molecule is COC(=O)c1nc(C)n(-c2cc(Cl)ccc2Cl)c1N. The van der Waals surface area contributed by atoms with Crippen LogP contribution in [0.2, 0.25) is 10.0 Å². The van der Waals surface area contributed by atoms with Gasteiger partial charge >= 0.3 is 5.97 Å². The number of esters is 1. The minimum Gasteiger partial charge on any atom is -0.464 e. The van der Waals surface area contributed by atoms with Gasteiger partial charge in [0.1, 0.15) is 11.6 Å². The summed E-state index contributed by atoms with van der Waals surface area (Å²) in [4.78, 5) is 15.6. The Morgan fingerprint density at radius 3 is 2.74 bits per heavy atom. The summed E-state index contributed by atoms with van der Waals surface area (Å²) in [5.41, 5.74) is 6.54. The molecule has 2 aromatic rings. The molecule has 19 heavy (non-hydrogen) atoms. The van der Waals surface area contributed by atoms with E-state index in [2.05, 4.69) is 9.72 Å². The highest BCUT2D eigenvalue weighted by Gasteiger charge is 2.21. The molecule has 0 radical (unpaired) electrons. The molecule has 0 saturated carbocycles. The number of carbonyl (C=O) groups excluding carboxylic acids is 1. The topological polar surface area (TPSA) is 70.1 Å². The lowest BCUT2D eigenvalue weighted by atomic mass is 10.3. The maximum absolute atomic E-state index is 11.5. The molecule has 5 nitrogen and oxygen atoms in total. The highest BCUT2D eigenvalue weighted by atomic mass is 35.5. The fraction of sp³-hybridized carbons (Fsp3) is 0.167. The molecule has 0 aliphatic heterocycles. The number of benzene rings is 1. The van der Waals surface area contributed by atoms with Crippen molar-refractivity contribution in [3.63, 3.8) is 0 Å². The molecule has 1 aromatic heterocycles. The molecule has 7 heteroatoms. The number of imidazole rings is 1. The maximum atomic E-state index is 11.5. The van der Waals surface area contributed by atoms with Crippen molar-refractivity contribution in [1.29, 1.82) is 0 Å². The molecule has 0 amide bonds. The molecule has 0 aliphatic rings. The summed E-state index contributed by atoms with van der Waals surface area (Å²) in [5.74, 6) is 0.0769. The van der Waals surface area contributed by atoms with Crippen LogP contribution in [0.4, 0.5) is 5.82 Å². The van der Waals surface area contributed by atoms with Crippen LogP contribution in [0, 0.1) is 6.92 Å². The molecule has 0 atom stereocenters. The lowest BCUT2D eigenvalue weighted by molar-refractivity contribution is 0.0596. The Bertz CT molecular complexity index is 653. The van der Waals surface area contributed by atoms with Crippen molar-refractivity contribution in [2.45, 2.75) is 6.92 Å². The summed E-state index contributed by atoms with van der Waals surface area (Å²) >= 11 is 12.1. The summed E-state index contributed by atoms with van der Waals surface area (Å²) < 4.78 is 6.18. The number of ether oxygens (including phenoxy) is 1. The van der Waals surface area contributed by atoms with Gasteiger partial charge in [0.2, 0.25) is 0 Å². The van der Waals surface area contributed by atoms with E-state index < -0.39 is 5.97 Å². The zero-order valence-corrected chi connectivity index (χ0v) is 11.8. The van der Waals surface area contributed by atoms with E-state index in [1.807, 2.05) is 0 Å². The zero-order chi connectivity index (χ0) is 14.2. The van der Waals surface area contributed by atoms with Gasteiger partial charge in [0, 0.05) is 5.02 Å². The Morgan fingerprint density at radius 1 is 1.42 bits per heavy atom. The fourth-order valence-electron chi connectivity index (χ4n) is 1.76. The third kappa shape index (κ3) is 2.39. The summed E-state index contributed by atoms with van der Waals surface area (Å²) in [5, 5.41) is 0.958. The number of halogens is 2. The monoisotopic (exact) mass is 299 g/mol. The van der Waals surface area contributed by atoms with Crippen molar-refractivity contribution >= 4 is 35.0 Å². The summed E-state index contributed by atoms with van der Waals surface area (Å²) in [6.45, 7) is 1.71. The van der Waals surface area contributed by atoms with Gasteiger partial charge in [-0.1, -0.05) is 23.2 Å². The average molecular weight is 300 g/mol. The molecule has 0 saturated heterocycles. The van der Waals surface area contributed by atoms with Crippen molar-refractivity contribution in [2.75, 3.05) is 12.8 Å². The van der Waals surface area contributed by atoms with E-state index in [9.17, 15) is 4.79 Å². The molecule has 0 unspecified atom stereocenters. The Morgan fingerprint density at radius 2 is 2.11 bits per heavy atom. The highest BCUT2D eigenvalue weighted by molar-refractivity contribution is 6.34. The predicted octanol–water partition coefficient (Wildman–Crippen LogP) is 2.86. The van der Waals surface area contributed by atoms with Gasteiger partial charge in [-0.2, -0.15) is 0 Å². The predicted molar refractivity (Wildman–Crippen MR) is 74.1 cm³/mol. The van der Waals surface area contributed by atoms with Crippen LogP contribution in [0.25, 0.3) is 5.69 Å². The van der Waals surface area contributed by atoms with Crippen LogP contribution in [0.15, 0.2) is 18.2 Å². The summed E-state index contributed by atoms with van der Waals surface area (Å²) in [6, 6.07) is 4.96. The number of hydrogen-bond acceptors (Lipinski definition) is 4. The van der Waals surface area contributed by atoms with E-state index in [1.54, 1.807) is 29.7 Å². The lowest BCUT2D eigenvalue weighted by Crippen LogP contribution is -2.08. The largest absolute Gasteiger partial charge is 0.464 e. The number of hydrogen-bond donors (Lipinski definition) is 1. The smallest absolute Gasteiger partial charge is 0.360 e. The third-order valence-corrected chi connectivity index (χ3v) is 3.16. The maximum Gasteiger partial charge on any atom is 0.360 e. The van der Waals surface area contributed by atoms with E-state index in [0.717, 1.165) is 0 Å². The van der Waals surface area contributed by atoms with Crippen molar-refractivity contribution in [2.24, 2.45) is 0 Å². The lowest BCUT2D eigenvalue weighted by Gasteiger charge is -2.10. The van der Waals surface area contributed by atoms with E-state index in [0.29, 0.717) is 21.6 Å². The highest BCUT2D eigenvalue weighted by Crippen LogP contribution is 2.29. The van der Waals surface area contributed by atoms with Gasteiger partial charge in [-0.3, -0.25) is 4.57 Å². The third-order valence-electron chi connectivity index (χ3n) is 2.61. The first kappa shape index (κ1) is 13.7. The quantitative estimate of drug-likeness (QED) is 0.866. The van der Waals surface area contributed by atoms with E-state index in [4.69, 9.17) is 28.9 Å². The Kier molecular flexibility index (Phi) is 3.68. The molecule has 1 heterocycles. The Hall–Kier alpha value is -1.72. The van der Waals surface area contributed by atoms with Crippen molar-refractivity contribution < 1.29 is 9.53 Å². The molecule has 2 rings (SSSR count). The van der Waals surface area contributed by atoms with E-state index >= 15 is 0 Å². The average Bonchev–Trinajstić information content (AvgIpc) is 2.67. The van der Waals surface area contributed by atoms with Gasteiger partial charge in [0.15, 0.2) is 5.69 Å². The first-order chi connectivity index (χ1) is 8.95. The first-order valence-electron chi connectivity index (χ1n) is 5.34. The minimum atomic E-state index is -0.600. The zero-order valence-electron chi connectivity index (χ0n) is 10.3. The van der Waals surface area contributed by atoms with Gasteiger partial charge < -0.3 is 10.5 Å². The summed E-state index contributed by atoms with van der Waals surface area (Å²) in [7, 11) is 1.27. The van der Waals surface area contributed by atoms with Crippen LogP contribution in [0.5, 0.6) is 0 Å². The van der Waals surface area contributed by atoms with Crippen LogP contribution in [0.3, 0.4) is 0 Å². The molecule has 0 fully saturated rings. The molecular weight excluding hydrogens is 289 g/mol. The van der Waals surface area contributed by atoms with Gasteiger partial charge in [-0.15, -0.1) is 0 Å². The molecular formula is C12H11Cl2N3O2. The molecule has 0 spiro atoms. The van der Waals surface area contributed by atoms with Crippen LogP contribution in [0.1, 0.15) is 16.3 Å². The number of nitrogen functional groups attached to an aromatic ring is 1. The van der Waals surface area contributed by atoms with Crippen molar-refractivity contribution in [1.82, 2.24) is 9.55 Å². The van der Waals surface area contributed by atoms with Crippen LogP contribution >= 0.6 is 23.2 Å². The van der Waals surface area contributed by atoms with E-state index in [1.165, 1.54) is 7.11 Å². The first-order valence-corrected chi connectivity index (χ1v) is 6.10. The Labute approximate surface area is 119 Å². The fourth-order valence-corrected chi connectivity index (χ4v) is 2.13. The Balaban J connectivity index is 2.66. The number of nitrogens with zero attached hydrogens (tertiary/aromatic N) is 2. The van der Waals surface area contributed by atoms with Crippen molar-refractivity contribution in [3.8, 4) is 5.69 Å². The second-order valence-corrected chi connectivity index (χ2v) is 4.66. The normalized spacial score (nSPS) is 10.5. The minimum absolute atomic E-state index is 0.0519. The number of methoxy groups -OCH3 is 1. The standard InChI is InChI=1S/C12H11Cl2N3O2/c1-6-16-10(12(18)19-2)11(15)17(6)9-5-7(13)3-4-8(9)14/h3-5H,15H2,1-2H3. The number of anilines is 1. The number of aromatic nitrogens is 2. The molecule has 0 aliphatic carbocycles. The van der Waals surface area contributed by atoms with Gasteiger partial charge in [-0.05, 0) is 25.1 Å². The van der Waals surface area contributed by atoms with Crippen LogP contribution < -0.4 is 5.73 Å². The number of nitrogens with two attached hydrogens (primary N) is 1. The molecule has 2 N–H and O–H groups in total. The number of rotatable bonds is 2. The number of aryl methyl sites for hydroxylation is 1. The van der Waals surface area contributed by atoms with Gasteiger partial charge in [0.05, 0.1) is 17.8 Å². The van der Waals surface area contributed by atoms with Crippen LogP contribution in [-0.2, 0) is 4.74 Å². The van der Waals surface area contributed by atoms with Gasteiger partial charge in [0.25, 0.3) is 0 Å². The second-order valence-electron chi connectivity index (χ2n) is 3.82. The second kappa shape index (κ2) is 5.11. The van der Waals surface area contributed by atoms with E-state index in [-0.39, 0.29) is 11.5 Å². The molecule has 100 valence electrons. The van der Waals surface area contributed by atoms with Crippen molar-refractivity contribution in [3.05, 3.63) is 39.8 Å².